The highest BCUT2D eigenvalue weighted by Crippen LogP contribution is 2.46. The van der Waals surface area contributed by atoms with Crippen LogP contribution in [0.5, 0.6) is 11.5 Å². The van der Waals surface area contributed by atoms with E-state index in [1.54, 1.807) is 0 Å². The Labute approximate surface area is 121 Å². The van der Waals surface area contributed by atoms with Crippen LogP contribution in [0.25, 0.3) is 0 Å². The molecule has 9 heteroatoms. The second-order valence-electron chi connectivity index (χ2n) is 4.47. The molecule has 0 saturated heterocycles. The number of benzene rings is 1. The molecule has 0 amide bonds. The molecule has 1 aliphatic rings. The summed E-state index contributed by atoms with van der Waals surface area (Å²) >= 11 is 5.75. The molecule has 1 aliphatic heterocycles. The Bertz CT molecular complexity index is 535. The van der Waals surface area contributed by atoms with Crippen LogP contribution in [0.2, 0.25) is 5.02 Å². The molecule has 3 nitrogen and oxygen atoms in total. The van der Waals surface area contributed by atoms with Crippen LogP contribution in [0.3, 0.4) is 0 Å². The predicted molar refractivity (Wildman–Crippen MR) is 65.0 cm³/mol. The second-order valence-corrected chi connectivity index (χ2v) is 4.88. The topological polar surface area (TPSA) is 44.5 Å². The van der Waals surface area contributed by atoms with E-state index in [2.05, 4.69) is 0 Å². The number of hydrogen-bond acceptors (Lipinski definition) is 3. The maximum Gasteiger partial charge on any atom is 0.455 e. The molecule has 118 valence electrons. The van der Waals surface area contributed by atoms with E-state index in [1.165, 1.54) is 0 Å². The van der Waals surface area contributed by atoms with Crippen molar-refractivity contribution in [3.8, 4) is 11.5 Å². The van der Waals surface area contributed by atoms with E-state index >= 15 is 0 Å². The van der Waals surface area contributed by atoms with Gasteiger partial charge >= 0.3 is 12.1 Å². The van der Waals surface area contributed by atoms with Crippen LogP contribution in [-0.2, 0) is 0 Å². The van der Waals surface area contributed by atoms with E-state index in [1.807, 2.05) is 0 Å². The molecule has 1 aromatic carbocycles. The summed E-state index contributed by atoms with van der Waals surface area (Å²) in [5.74, 6) is -4.89. The number of nitrogens with two attached hydrogens (primary N) is 1. The number of hydrogen-bond donors (Lipinski definition) is 1. The lowest BCUT2D eigenvalue weighted by atomic mass is 10.0. The predicted octanol–water partition coefficient (Wildman–Crippen LogP) is 3.70. The second kappa shape index (κ2) is 5.49. The van der Waals surface area contributed by atoms with Crippen molar-refractivity contribution in [2.24, 2.45) is 5.73 Å². The largest absolute Gasteiger partial charge is 0.490 e. The Kier molecular flexibility index (Phi) is 4.21. The minimum atomic E-state index is -5.78. The van der Waals surface area contributed by atoms with Crippen molar-refractivity contribution in [1.82, 2.24) is 0 Å². The van der Waals surface area contributed by atoms with Crippen LogP contribution in [0.4, 0.5) is 22.0 Å². The van der Waals surface area contributed by atoms with Gasteiger partial charge in [0.2, 0.25) is 0 Å². The van der Waals surface area contributed by atoms with Gasteiger partial charge in [-0.15, -0.1) is 0 Å². The van der Waals surface area contributed by atoms with Crippen LogP contribution in [0.15, 0.2) is 12.1 Å². The normalized spacial score (nSPS) is 17.3. The van der Waals surface area contributed by atoms with Crippen molar-refractivity contribution in [2.75, 3.05) is 13.2 Å². The van der Waals surface area contributed by atoms with Crippen molar-refractivity contribution < 1.29 is 31.4 Å². The fourth-order valence-electron chi connectivity index (χ4n) is 1.81. The average molecular weight is 332 g/mol. The van der Waals surface area contributed by atoms with Crippen LogP contribution in [-0.4, -0.2) is 25.3 Å². The van der Waals surface area contributed by atoms with Crippen molar-refractivity contribution >= 4 is 11.6 Å². The summed E-state index contributed by atoms with van der Waals surface area (Å²) in [7, 11) is 0. The van der Waals surface area contributed by atoms with E-state index in [4.69, 9.17) is 26.8 Å². The Morgan fingerprint density at radius 2 is 1.57 bits per heavy atom. The van der Waals surface area contributed by atoms with Gasteiger partial charge in [-0.3, -0.25) is 0 Å². The first kappa shape index (κ1) is 16.1. The minimum Gasteiger partial charge on any atom is -0.490 e. The molecule has 0 bridgehead atoms. The summed E-state index contributed by atoms with van der Waals surface area (Å²) < 4.78 is 74.3. The van der Waals surface area contributed by atoms with Gasteiger partial charge < -0.3 is 15.2 Å². The van der Waals surface area contributed by atoms with Gasteiger partial charge in [-0.1, -0.05) is 11.6 Å². The van der Waals surface area contributed by atoms with E-state index in [0.717, 1.165) is 12.1 Å². The highest BCUT2D eigenvalue weighted by atomic mass is 35.5. The summed E-state index contributed by atoms with van der Waals surface area (Å²) in [6, 6.07) is -0.542. The lowest BCUT2D eigenvalue weighted by molar-refractivity contribution is -0.290. The van der Waals surface area contributed by atoms with Crippen molar-refractivity contribution in [1.29, 1.82) is 0 Å². The van der Waals surface area contributed by atoms with Gasteiger partial charge in [0.15, 0.2) is 11.5 Å². The fraction of sp³-hybridized carbons (Fsp3) is 0.500. The lowest BCUT2D eigenvalue weighted by Crippen LogP contribution is -2.45. The molecule has 0 radical (unpaired) electrons. The molecule has 1 unspecified atom stereocenters. The highest BCUT2D eigenvalue weighted by molar-refractivity contribution is 6.31. The molecule has 2 rings (SSSR count). The zero-order chi connectivity index (χ0) is 15.8. The zero-order valence-electron chi connectivity index (χ0n) is 10.5. The number of halogens is 6. The number of rotatable bonds is 2. The maximum absolute atomic E-state index is 13.3. The van der Waals surface area contributed by atoms with E-state index < -0.39 is 23.7 Å². The SMILES string of the molecule is NC(c1cc2c(cc1Cl)OCCCO2)C(F)(F)C(F)(F)F. The molecule has 0 aromatic heterocycles. The first-order valence-electron chi connectivity index (χ1n) is 5.93. The summed E-state index contributed by atoms with van der Waals surface area (Å²) in [6.07, 6.45) is -5.23. The standard InChI is InChI=1S/C12H11ClF5NO2/c13-7-5-9-8(20-2-1-3-21-9)4-6(7)10(19)11(14,15)12(16,17)18/h4-5,10H,1-3,19H2. The molecule has 1 atom stereocenters. The van der Waals surface area contributed by atoms with E-state index in [0.29, 0.717) is 13.0 Å². The minimum absolute atomic E-state index is 0.0420. The Morgan fingerprint density at radius 1 is 1.05 bits per heavy atom. The number of fused-ring (bicyclic) bond motifs is 1. The third kappa shape index (κ3) is 3.01. The number of alkyl halides is 5. The molecule has 0 fully saturated rings. The van der Waals surface area contributed by atoms with Gasteiger partial charge in [0.1, 0.15) is 6.04 Å². The molecule has 1 heterocycles. The van der Waals surface area contributed by atoms with E-state index in [-0.39, 0.29) is 23.1 Å². The summed E-state index contributed by atoms with van der Waals surface area (Å²) in [5.41, 5.74) is 4.53. The third-order valence-electron chi connectivity index (χ3n) is 2.97. The monoisotopic (exact) mass is 331 g/mol. The molecular formula is C12H11ClF5NO2. The highest BCUT2D eigenvalue weighted by Gasteiger charge is 2.62. The quantitative estimate of drug-likeness (QED) is 0.840. The molecule has 2 N–H and O–H groups in total. The summed E-state index contributed by atoms with van der Waals surface area (Å²) in [5, 5.41) is -0.337. The fourth-order valence-corrected chi connectivity index (χ4v) is 2.08. The summed E-state index contributed by atoms with van der Waals surface area (Å²) in [4.78, 5) is 0. The van der Waals surface area contributed by atoms with Crippen LogP contribution < -0.4 is 15.2 Å². The van der Waals surface area contributed by atoms with Gasteiger partial charge in [-0.05, 0) is 11.6 Å². The Balaban J connectivity index is 2.42. The van der Waals surface area contributed by atoms with Gasteiger partial charge in [0.25, 0.3) is 0 Å². The van der Waals surface area contributed by atoms with Crippen LogP contribution in [0, 0.1) is 0 Å². The zero-order valence-corrected chi connectivity index (χ0v) is 11.3. The number of ether oxygens (including phenoxy) is 2. The Morgan fingerprint density at radius 3 is 2.10 bits per heavy atom. The van der Waals surface area contributed by atoms with E-state index in [9.17, 15) is 22.0 Å². The summed E-state index contributed by atoms with van der Waals surface area (Å²) in [6.45, 7) is 0.576. The lowest BCUT2D eigenvalue weighted by Gasteiger charge is -2.27. The molecule has 0 aliphatic carbocycles. The molecular weight excluding hydrogens is 321 g/mol. The molecule has 0 saturated carbocycles. The molecule has 21 heavy (non-hydrogen) atoms. The van der Waals surface area contributed by atoms with Crippen LogP contribution >= 0.6 is 11.6 Å². The van der Waals surface area contributed by atoms with Crippen molar-refractivity contribution in [3.63, 3.8) is 0 Å². The molecule has 1 aromatic rings. The Hall–Kier alpha value is -1.28. The van der Waals surface area contributed by atoms with Gasteiger partial charge in [0, 0.05) is 17.5 Å². The van der Waals surface area contributed by atoms with Crippen molar-refractivity contribution in [3.05, 3.63) is 22.7 Å². The third-order valence-corrected chi connectivity index (χ3v) is 3.30. The molecule has 0 spiro atoms. The van der Waals surface area contributed by atoms with Gasteiger partial charge in [0.05, 0.1) is 13.2 Å². The van der Waals surface area contributed by atoms with Crippen LogP contribution in [0.1, 0.15) is 18.0 Å². The van der Waals surface area contributed by atoms with Gasteiger partial charge in [-0.25, -0.2) is 0 Å². The van der Waals surface area contributed by atoms with Gasteiger partial charge in [-0.2, -0.15) is 22.0 Å². The maximum atomic E-state index is 13.3. The van der Waals surface area contributed by atoms with Crippen molar-refractivity contribution in [2.45, 2.75) is 24.6 Å². The first-order valence-corrected chi connectivity index (χ1v) is 6.31. The average Bonchev–Trinajstić information content (AvgIpc) is 2.60. The first-order chi connectivity index (χ1) is 9.64. The smallest absolute Gasteiger partial charge is 0.455 e.